The van der Waals surface area contributed by atoms with Crippen LogP contribution >= 0.6 is 0 Å². The van der Waals surface area contributed by atoms with Gasteiger partial charge in [-0.25, -0.2) is 13.2 Å². The maximum absolute atomic E-state index is 12.6. The van der Waals surface area contributed by atoms with Gasteiger partial charge in [0, 0.05) is 42.9 Å². The molecule has 3 aliphatic rings. The van der Waals surface area contributed by atoms with E-state index in [1.807, 2.05) is 23.2 Å². The highest BCUT2D eigenvalue weighted by molar-refractivity contribution is 7.91. The summed E-state index contributed by atoms with van der Waals surface area (Å²) < 4.78 is 24.2. The largest absolute Gasteiger partial charge is 0.335 e. The molecule has 0 saturated heterocycles. The van der Waals surface area contributed by atoms with Crippen LogP contribution in [0.2, 0.25) is 0 Å². The molecule has 1 fully saturated rings. The second-order valence-electron chi connectivity index (χ2n) is 9.32. The van der Waals surface area contributed by atoms with E-state index in [2.05, 4.69) is 23.5 Å². The SMILES string of the molecule is CCS(=O)(=O)c1ccc(-c2cnc3c(c2)C(C2=CCN(C(=O)NC4CCCC4)CC2)=CC3)cc1. The van der Waals surface area contributed by atoms with Crippen LogP contribution in [-0.4, -0.2) is 49.2 Å². The summed E-state index contributed by atoms with van der Waals surface area (Å²) in [5.74, 6) is 0.0929. The number of fused-ring (bicyclic) bond motifs is 1. The molecule has 0 spiro atoms. The summed E-state index contributed by atoms with van der Waals surface area (Å²) in [6.07, 6.45) is 12.5. The number of aromatic nitrogens is 1. The van der Waals surface area contributed by atoms with Crippen LogP contribution in [0.5, 0.6) is 0 Å². The number of allylic oxidation sites excluding steroid dienone is 2. The summed E-state index contributed by atoms with van der Waals surface area (Å²) >= 11 is 0. The highest BCUT2D eigenvalue weighted by atomic mass is 32.2. The lowest BCUT2D eigenvalue weighted by Gasteiger charge is -2.28. The van der Waals surface area contributed by atoms with Gasteiger partial charge in [-0.3, -0.25) is 4.98 Å². The van der Waals surface area contributed by atoms with Gasteiger partial charge >= 0.3 is 6.03 Å². The van der Waals surface area contributed by atoms with Crippen molar-refractivity contribution in [1.29, 1.82) is 0 Å². The molecule has 2 aromatic rings. The Morgan fingerprint density at radius 3 is 2.56 bits per heavy atom. The van der Waals surface area contributed by atoms with Gasteiger partial charge in [0.2, 0.25) is 0 Å². The van der Waals surface area contributed by atoms with Crippen LogP contribution in [0.4, 0.5) is 4.79 Å². The van der Waals surface area contributed by atoms with Crippen LogP contribution in [-0.2, 0) is 16.3 Å². The number of benzene rings is 1. The van der Waals surface area contributed by atoms with Gasteiger partial charge in [0.15, 0.2) is 9.84 Å². The maximum atomic E-state index is 12.6. The van der Waals surface area contributed by atoms with Crippen molar-refractivity contribution in [2.24, 2.45) is 0 Å². The van der Waals surface area contributed by atoms with Crippen LogP contribution in [0.25, 0.3) is 16.7 Å². The van der Waals surface area contributed by atoms with Gasteiger partial charge in [-0.05, 0) is 54.2 Å². The van der Waals surface area contributed by atoms with Gasteiger partial charge in [0.25, 0.3) is 0 Å². The summed E-state index contributed by atoms with van der Waals surface area (Å²) in [6, 6.07) is 9.60. The molecule has 1 aromatic carbocycles. The molecule has 1 aliphatic heterocycles. The highest BCUT2D eigenvalue weighted by Gasteiger charge is 2.25. The molecule has 2 heterocycles. The lowest BCUT2D eigenvalue weighted by atomic mass is 9.94. The molecule has 1 saturated carbocycles. The van der Waals surface area contributed by atoms with E-state index in [-0.39, 0.29) is 11.8 Å². The Morgan fingerprint density at radius 1 is 1.12 bits per heavy atom. The minimum atomic E-state index is -3.21. The number of amides is 2. The zero-order valence-corrected chi connectivity index (χ0v) is 20.4. The lowest BCUT2D eigenvalue weighted by molar-refractivity contribution is 0.198. The first-order chi connectivity index (χ1) is 16.4. The molecule has 6 nitrogen and oxygen atoms in total. The van der Waals surface area contributed by atoms with Crippen molar-refractivity contribution in [3.8, 4) is 11.1 Å². The fourth-order valence-electron chi connectivity index (χ4n) is 5.12. The van der Waals surface area contributed by atoms with Gasteiger partial charge in [-0.15, -0.1) is 0 Å². The number of carbonyl (C=O) groups excluding carboxylic acids is 1. The molecule has 1 N–H and O–H groups in total. The number of nitrogens with one attached hydrogen (secondary N) is 1. The van der Waals surface area contributed by atoms with Crippen molar-refractivity contribution in [2.75, 3.05) is 18.8 Å². The lowest BCUT2D eigenvalue weighted by Crippen LogP contribution is -2.45. The van der Waals surface area contributed by atoms with Gasteiger partial charge in [-0.1, -0.05) is 44.1 Å². The fourth-order valence-corrected chi connectivity index (χ4v) is 6.00. The Morgan fingerprint density at radius 2 is 1.88 bits per heavy atom. The van der Waals surface area contributed by atoms with E-state index in [4.69, 9.17) is 4.98 Å². The Bertz CT molecular complexity index is 1260. The molecule has 5 rings (SSSR count). The molecule has 34 heavy (non-hydrogen) atoms. The molecule has 0 atom stereocenters. The predicted octanol–water partition coefficient (Wildman–Crippen LogP) is 4.77. The number of rotatable bonds is 5. The quantitative estimate of drug-likeness (QED) is 0.673. The van der Waals surface area contributed by atoms with Crippen molar-refractivity contribution >= 4 is 21.4 Å². The first-order valence-electron chi connectivity index (χ1n) is 12.2. The van der Waals surface area contributed by atoms with Crippen molar-refractivity contribution in [1.82, 2.24) is 15.2 Å². The predicted molar refractivity (Wildman–Crippen MR) is 134 cm³/mol. The van der Waals surface area contributed by atoms with Crippen molar-refractivity contribution < 1.29 is 13.2 Å². The number of nitrogens with zero attached hydrogens (tertiary/aromatic N) is 2. The molecule has 2 aliphatic carbocycles. The molecule has 2 amide bonds. The summed E-state index contributed by atoms with van der Waals surface area (Å²) in [5.41, 5.74) is 6.60. The van der Waals surface area contributed by atoms with Crippen LogP contribution in [0.3, 0.4) is 0 Å². The van der Waals surface area contributed by atoms with E-state index in [0.29, 0.717) is 17.5 Å². The van der Waals surface area contributed by atoms with Crippen LogP contribution < -0.4 is 5.32 Å². The molecule has 0 radical (unpaired) electrons. The minimum Gasteiger partial charge on any atom is -0.335 e. The van der Waals surface area contributed by atoms with Crippen LogP contribution in [0.1, 0.15) is 50.3 Å². The summed E-state index contributed by atoms with van der Waals surface area (Å²) in [5, 5.41) is 3.19. The van der Waals surface area contributed by atoms with Crippen molar-refractivity contribution in [2.45, 2.75) is 56.4 Å². The number of urea groups is 1. The Kier molecular flexibility index (Phi) is 6.30. The average Bonchev–Trinajstić information content (AvgIpc) is 3.53. The Labute approximate surface area is 201 Å². The minimum absolute atomic E-state index is 0.0560. The normalized spacial score (nSPS) is 18.4. The molecule has 0 unspecified atom stereocenters. The van der Waals surface area contributed by atoms with E-state index in [1.165, 1.54) is 24.0 Å². The topological polar surface area (TPSA) is 79.4 Å². The zero-order chi connectivity index (χ0) is 23.7. The van der Waals surface area contributed by atoms with E-state index in [9.17, 15) is 13.2 Å². The summed E-state index contributed by atoms with van der Waals surface area (Å²) in [6.45, 7) is 3.00. The summed E-state index contributed by atoms with van der Waals surface area (Å²) in [4.78, 5) is 19.6. The fraction of sp³-hybridized carbons (Fsp3) is 0.407. The van der Waals surface area contributed by atoms with E-state index < -0.39 is 9.84 Å². The number of carbonyl (C=O) groups is 1. The number of sulfone groups is 1. The number of pyridine rings is 1. The van der Waals surface area contributed by atoms with Crippen LogP contribution in [0.15, 0.2) is 59.1 Å². The second kappa shape index (κ2) is 9.37. The number of hydrogen-bond acceptors (Lipinski definition) is 4. The van der Waals surface area contributed by atoms with E-state index in [0.717, 1.165) is 54.6 Å². The van der Waals surface area contributed by atoms with Gasteiger partial charge in [0.1, 0.15) is 0 Å². The van der Waals surface area contributed by atoms with Gasteiger partial charge in [-0.2, -0.15) is 0 Å². The van der Waals surface area contributed by atoms with Crippen molar-refractivity contribution in [3.05, 3.63) is 65.5 Å². The van der Waals surface area contributed by atoms with E-state index >= 15 is 0 Å². The monoisotopic (exact) mass is 477 g/mol. The highest BCUT2D eigenvalue weighted by Crippen LogP contribution is 2.37. The average molecular weight is 478 g/mol. The molecular weight excluding hydrogens is 446 g/mol. The summed E-state index contributed by atoms with van der Waals surface area (Å²) in [7, 11) is -3.21. The molecule has 1 aromatic heterocycles. The standard InChI is InChI=1S/C27H31N3O3S/c1-2-34(32,33)23-9-7-19(8-10-23)21-17-25-24(11-12-26(25)28-18-21)20-13-15-30(16-14-20)27(31)29-22-5-3-4-6-22/h7-11,13,17-18,22H,2-6,12,14-16H2,1H3,(H,29,31). The molecular formula is C27H31N3O3S. The third-order valence-corrected chi connectivity index (χ3v) is 8.96. The Hall–Kier alpha value is -2.93. The third-order valence-electron chi connectivity index (χ3n) is 7.21. The second-order valence-corrected chi connectivity index (χ2v) is 11.6. The van der Waals surface area contributed by atoms with Gasteiger partial charge in [0.05, 0.1) is 16.3 Å². The smallest absolute Gasteiger partial charge is 0.317 e. The van der Waals surface area contributed by atoms with Gasteiger partial charge < -0.3 is 10.2 Å². The molecule has 178 valence electrons. The number of hydrogen-bond donors (Lipinski definition) is 1. The molecule has 0 bridgehead atoms. The zero-order valence-electron chi connectivity index (χ0n) is 19.6. The third kappa shape index (κ3) is 4.53. The Balaban J connectivity index is 1.31. The molecule has 7 heteroatoms. The maximum Gasteiger partial charge on any atom is 0.317 e. The van der Waals surface area contributed by atoms with E-state index in [1.54, 1.807) is 19.1 Å². The first kappa shape index (κ1) is 22.8. The van der Waals surface area contributed by atoms with Crippen LogP contribution in [0, 0.1) is 0 Å². The first-order valence-corrected chi connectivity index (χ1v) is 13.9. The van der Waals surface area contributed by atoms with Crippen molar-refractivity contribution in [3.63, 3.8) is 0 Å².